The molecule has 6 heteroatoms. The molecule has 5 nitrogen and oxygen atoms in total. The van der Waals surface area contributed by atoms with Crippen LogP contribution in [-0.2, 0) is 6.54 Å². The second kappa shape index (κ2) is 9.72. The molecule has 1 aliphatic rings. The van der Waals surface area contributed by atoms with Gasteiger partial charge in [0.15, 0.2) is 0 Å². The van der Waals surface area contributed by atoms with E-state index in [1.54, 1.807) is 24.3 Å². The van der Waals surface area contributed by atoms with Gasteiger partial charge in [0.2, 0.25) is 0 Å². The Morgan fingerprint density at radius 3 is 2.22 bits per heavy atom. The van der Waals surface area contributed by atoms with Gasteiger partial charge in [0.1, 0.15) is 5.82 Å². The van der Waals surface area contributed by atoms with E-state index in [0.717, 1.165) is 54.4 Å². The van der Waals surface area contributed by atoms with Crippen molar-refractivity contribution in [3.8, 4) is 0 Å². The number of rotatable bonds is 5. The van der Waals surface area contributed by atoms with E-state index in [4.69, 9.17) is 16.6 Å². The number of aromatic nitrogens is 1. The largest absolute Gasteiger partial charge is 0.354 e. The van der Waals surface area contributed by atoms with Crippen LogP contribution in [0.5, 0.6) is 0 Å². The van der Waals surface area contributed by atoms with Crippen molar-refractivity contribution in [2.24, 2.45) is 0 Å². The third-order valence-corrected chi connectivity index (χ3v) is 6.27. The lowest BCUT2D eigenvalue weighted by Crippen LogP contribution is -2.44. The van der Waals surface area contributed by atoms with Crippen molar-refractivity contribution in [2.75, 3.05) is 43.0 Å². The smallest absolute Gasteiger partial charge is 0.258 e. The summed E-state index contributed by atoms with van der Waals surface area (Å²) >= 11 is 6.04. The summed E-state index contributed by atoms with van der Waals surface area (Å²) in [6.07, 6.45) is 1.89. The van der Waals surface area contributed by atoms with Crippen molar-refractivity contribution >= 4 is 29.0 Å². The van der Waals surface area contributed by atoms with Crippen molar-refractivity contribution in [1.82, 2.24) is 9.88 Å². The number of aryl methyl sites for hydroxylation is 2. The molecule has 4 rings (SSSR count). The minimum Gasteiger partial charge on any atom is -0.354 e. The van der Waals surface area contributed by atoms with Crippen molar-refractivity contribution in [3.63, 3.8) is 0 Å². The van der Waals surface area contributed by atoms with Gasteiger partial charge in [-0.05, 0) is 67.9 Å². The van der Waals surface area contributed by atoms with Crippen molar-refractivity contribution < 1.29 is 4.79 Å². The van der Waals surface area contributed by atoms with Crippen molar-refractivity contribution in [2.45, 2.75) is 20.4 Å². The molecular weight excluding hydrogens is 420 g/mol. The molecule has 0 aliphatic carbocycles. The summed E-state index contributed by atoms with van der Waals surface area (Å²) in [5, 5.41) is 0.615. The number of halogens is 1. The SMILES string of the molecule is Cc1cccc(C)c1N(Cc1ccc(N2CCN(C)CC2)nc1)C(=O)c1ccc(Cl)cc1. The molecule has 0 bridgehead atoms. The lowest BCUT2D eigenvalue weighted by molar-refractivity contribution is 0.0985. The molecule has 0 N–H and O–H groups in total. The fraction of sp³-hybridized carbons (Fsp3) is 0.308. The molecule has 1 fully saturated rings. The van der Waals surface area contributed by atoms with Gasteiger partial charge in [0, 0.05) is 43.0 Å². The normalized spacial score (nSPS) is 14.4. The van der Waals surface area contributed by atoms with Gasteiger partial charge in [-0.3, -0.25) is 4.79 Å². The number of benzene rings is 2. The zero-order chi connectivity index (χ0) is 22.7. The first-order valence-corrected chi connectivity index (χ1v) is 11.3. The highest BCUT2D eigenvalue weighted by molar-refractivity contribution is 6.30. The first-order chi connectivity index (χ1) is 15.4. The molecule has 1 saturated heterocycles. The van der Waals surface area contributed by atoms with E-state index in [0.29, 0.717) is 17.1 Å². The molecule has 1 aromatic heterocycles. The maximum atomic E-state index is 13.6. The lowest BCUT2D eigenvalue weighted by atomic mass is 10.1. The Kier molecular flexibility index (Phi) is 6.77. The number of amides is 1. The molecule has 32 heavy (non-hydrogen) atoms. The van der Waals surface area contributed by atoms with Crippen LogP contribution >= 0.6 is 11.6 Å². The van der Waals surface area contributed by atoms with E-state index in [1.807, 2.05) is 43.1 Å². The lowest BCUT2D eigenvalue weighted by Gasteiger charge is -2.33. The van der Waals surface area contributed by atoms with E-state index < -0.39 is 0 Å². The van der Waals surface area contributed by atoms with Gasteiger partial charge in [-0.2, -0.15) is 0 Å². The average molecular weight is 449 g/mol. The van der Waals surface area contributed by atoms with Gasteiger partial charge in [-0.1, -0.05) is 35.9 Å². The highest BCUT2D eigenvalue weighted by Crippen LogP contribution is 2.28. The van der Waals surface area contributed by atoms with E-state index in [-0.39, 0.29) is 5.91 Å². The number of para-hydroxylation sites is 1. The number of hydrogen-bond donors (Lipinski definition) is 0. The summed E-state index contributed by atoms with van der Waals surface area (Å²) in [7, 11) is 2.15. The van der Waals surface area contributed by atoms with Gasteiger partial charge < -0.3 is 14.7 Å². The number of hydrogen-bond acceptors (Lipinski definition) is 4. The van der Waals surface area contributed by atoms with Gasteiger partial charge in [-0.25, -0.2) is 4.98 Å². The first kappa shape index (κ1) is 22.3. The summed E-state index contributed by atoms with van der Waals surface area (Å²) in [5.41, 5.74) is 4.67. The van der Waals surface area contributed by atoms with E-state index in [9.17, 15) is 4.79 Å². The highest BCUT2D eigenvalue weighted by atomic mass is 35.5. The maximum Gasteiger partial charge on any atom is 0.258 e. The number of likely N-dealkylation sites (N-methyl/N-ethyl adjacent to an activating group) is 1. The Labute approximate surface area is 195 Å². The monoisotopic (exact) mass is 448 g/mol. The molecule has 2 heterocycles. The molecule has 0 saturated carbocycles. The second-order valence-corrected chi connectivity index (χ2v) is 8.89. The number of pyridine rings is 1. The third-order valence-electron chi connectivity index (χ3n) is 6.02. The summed E-state index contributed by atoms with van der Waals surface area (Å²) in [6, 6.07) is 17.3. The van der Waals surface area contributed by atoms with Crippen molar-refractivity contribution in [1.29, 1.82) is 0 Å². The van der Waals surface area contributed by atoms with Crippen LogP contribution in [-0.4, -0.2) is 49.0 Å². The van der Waals surface area contributed by atoms with Crippen molar-refractivity contribution in [3.05, 3.63) is 88.1 Å². The van der Waals surface area contributed by atoms with Crippen LogP contribution in [0.15, 0.2) is 60.8 Å². The fourth-order valence-electron chi connectivity index (χ4n) is 4.15. The van der Waals surface area contributed by atoms with Gasteiger partial charge in [0.05, 0.1) is 12.2 Å². The number of nitrogens with zero attached hydrogens (tertiary/aromatic N) is 4. The molecule has 0 unspecified atom stereocenters. The minimum atomic E-state index is -0.0535. The topological polar surface area (TPSA) is 39.7 Å². The predicted molar refractivity (Wildman–Crippen MR) is 132 cm³/mol. The highest BCUT2D eigenvalue weighted by Gasteiger charge is 2.22. The van der Waals surface area contributed by atoms with E-state index in [1.165, 1.54) is 0 Å². The number of carbonyl (C=O) groups is 1. The van der Waals surface area contributed by atoms with Gasteiger partial charge in [0.25, 0.3) is 5.91 Å². The Balaban J connectivity index is 1.62. The molecule has 1 aliphatic heterocycles. The number of anilines is 2. The summed E-state index contributed by atoms with van der Waals surface area (Å²) in [4.78, 5) is 24.8. The molecule has 0 atom stereocenters. The summed E-state index contributed by atoms with van der Waals surface area (Å²) < 4.78 is 0. The van der Waals surface area contributed by atoms with Crippen LogP contribution in [0.1, 0.15) is 27.0 Å². The average Bonchev–Trinajstić information content (AvgIpc) is 2.79. The Morgan fingerprint density at radius 1 is 0.969 bits per heavy atom. The van der Waals surface area contributed by atoms with Crippen LogP contribution in [0.4, 0.5) is 11.5 Å². The molecule has 3 aromatic rings. The van der Waals surface area contributed by atoms with Crippen LogP contribution in [0.2, 0.25) is 5.02 Å². The van der Waals surface area contributed by atoms with Gasteiger partial charge >= 0.3 is 0 Å². The second-order valence-electron chi connectivity index (χ2n) is 8.45. The minimum absolute atomic E-state index is 0.0535. The van der Waals surface area contributed by atoms with Crippen LogP contribution in [0.25, 0.3) is 0 Å². The molecule has 2 aromatic carbocycles. The van der Waals surface area contributed by atoms with Crippen LogP contribution in [0.3, 0.4) is 0 Å². The first-order valence-electron chi connectivity index (χ1n) is 10.9. The maximum absolute atomic E-state index is 13.6. The third kappa shape index (κ3) is 4.95. The number of carbonyl (C=O) groups excluding carboxylic acids is 1. The number of piperazine rings is 1. The zero-order valence-corrected chi connectivity index (χ0v) is 19.6. The molecule has 166 valence electrons. The standard InChI is InChI=1S/C26H29ClN4O/c1-19-5-4-6-20(2)25(19)31(26(32)22-8-10-23(27)11-9-22)18-21-7-12-24(28-17-21)30-15-13-29(3)14-16-30/h4-12,17H,13-16,18H2,1-3H3. The van der Waals surface area contributed by atoms with Crippen LogP contribution < -0.4 is 9.80 Å². The van der Waals surface area contributed by atoms with E-state index >= 15 is 0 Å². The molecule has 0 spiro atoms. The predicted octanol–water partition coefficient (Wildman–Crippen LogP) is 4.95. The quantitative estimate of drug-likeness (QED) is 0.553. The Morgan fingerprint density at radius 2 is 1.62 bits per heavy atom. The Hall–Kier alpha value is -2.89. The fourth-order valence-corrected chi connectivity index (χ4v) is 4.27. The van der Waals surface area contributed by atoms with E-state index in [2.05, 4.69) is 29.0 Å². The molecule has 1 amide bonds. The van der Waals surface area contributed by atoms with Gasteiger partial charge in [-0.15, -0.1) is 0 Å². The molecular formula is C26H29ClN4O. The van der Waals surface area contributed by atoms with Crippen LogP contribution in [0, 0.1) is 13.8 Å². The zero-order valence-electron chi connectivity index (χ0n) is 18.9. The molecule has 0 radical (unpaired) electrons. The summed E-state index contributed by atoms with van der Waals surface area (Å²) in [6.45, 7) is 8.57. The Bertz CT molecular complexity index is 1050. The summed E-state index contributed by atoms with van der Waals surface area (Å²) in [5.74, 6) is 0.937.